The van der Waals surface area contributed by atoms with Crippen LogP contribution in [0.3, 0.4) is 0 Å². The smallest absolute Gasteiger partial charge is 0.243 e. The molecule has 3 rings (SSSR count). The van der Waals surface area contributed by atoms with Crippen LogP contribution in [0.25, 0.3) is 0 Å². The van der Waals surface area contributed by atoms with Crippen molar-refractivity contribution in [2.24, 2.45) is 0 Å². The minimum Gasteiger partial charge on any atom is -0.295 e. The predicted molar refractivity (Wildman–Crippen MR) is 106 cm³/mol. The Morgan fingerprint density at radius 1 is 1.12 bits per heavy atom. The minimum absolute atomic E-state index is 0.0808. The van der Waals surface area contributed by atoms with Crippen molar-refractivity contribution in [2.75, 3.05) is 18.8 Å². The highest BCUT2D eigenvalue weighted by Gasteiger charge is 2.29. The molecule has 0 bridgehead atoms. The highest BCUT2D eigenvalue weighted by atomic mass is 35.5. The van der Waals surface area contributed by atoms with Crippen molar-refractivity contribution < 1.29 is 13.2 Å². The Morgan fingerprint density at radius 3 is 2.46 bits per heavy atom. The van der Waals surface area contributed by atoms with E-state index in [1.54, 1.807) is 23.9 Å². The summed E-state index contributed by atoms with van der Waals surface area (Å²) in [6, 6.07) is 13.9. The first kappa shape index (κ1) is 19.4. The van der Waals surface area contributed by atoms with Gasteiger partial charge in [-0.1, -0.05) is 41.9 Å². The number of Topliss-reactive ketones (excluding diaryl/α,β-unsaturated/α-hetero) is 1. The van der Waals surface area contributed by atoms with Crippen molar-refractivity contribution in [1.29, 1.82) is 0 Å². The number of carbonyl (C=O) groups is 1. The third kappa shape index (κ3) is 4.14. The van der Waals surface area contributed by atoms with Crippen LogP contribution in [0.4, 0.5) is 0 Å². The normalized spacial score (nSPS) is 19.1. The fourth-order valence-electron chi connectivity index (χ4n) is 2.99. The number of hydrogen-bond acceptors (Lipinski definition) is 4. The van der Waals surface area contributed by atoms with Crippen molar-refractivity contribution in [3.05, 3.63) is 64.7 Å². The fraction of sp³-hybridized carbons (Fsp3) is 0.316. The standard InChI is InChI=1S/C19H20ClNO3S2/c1-14(22)15-6-8-16(9-7-15)26(23,24)21-11-10-19(25-13-12-21)17-4-2-3-5-18(17)20/h2-9,19H,10-13H2,1H3. The Bertz CT molecular complexity index is 897. The van der Waals surface area contributed by atoms with Crippen molar-refractivity contribution in [1.82, 2.24) is 4.31 Å². The van der Waals surface area contributed by atoms with Gasteiger partial charge in [0.05, 0.1) is 4.90 Å². The van der Waals surface area contributed by atoms with E-state index in [0.29, 0.717) is 30.8 Å². The highest BCUT2D eigenvalue weighted by molar-refractivity contribution is 7.99. The molecule has 0 radical (unpaired) electrons. The molecule has 2 aromatic rings. The molecule has 0 amide bonds. The Kier molecular flexibility index (Phi) is 6.07. The number of carbonyl (C=O) groups excluding carboxylic acids is 1. The second-order valence-electron chi connectivity index (χ2n) is 6.15. The lowest BCUT2D eigenvalue weighted by Crippen LogP contribution is -2.33. The van der Waals surface area contributed by atoms with Crippen molar-refractivity contribution in [2.45, 2.75) is 23.5 Å². The number of ketones is 1. The van der Waals surface area contributed by atoms with Gasteiger partial charge in [-0.3, -0.25) is 4.79 Å². The van der Waals surface area contributed by atoms with Gasteiger partial charge >= 0.3 is 0 Å². The molecule has 0 aliphatic carbocycles. The second kappa shape index (κ2) is 8.13. The van der Waals surface area contributed by atoms with Gasteiger partial charge in [-0.15, -0.1) is 0 Å². The van der Waals surface area contributed by atoms with Gasteiger partial charge in [0.2, 0.25) is 10.0 Å². The van der Waals surface area contributed by atoms with Crippen LogP contribution >= 0.6 is 23.4 Å². The van der Waals surface area contributed by atoms with Crippen LogP contribution in [0.5, 0.6) is 0 Å². The Hall–Kier alpha value is -1.34. The maximum atomic E-state index is 12.9. The SMILES string of the molecule is CC(=O)c1ccc(S(=O)(=O)N2CCSC(c3ccccc3Cl)CC2)cc1. The van der Waals surface area contributed by atoms with Gasteiger partial charge in [-0.2, -0.15) is 16.1 Å². The molecule has 0 saturated carbocycles. The van der Waals surface area contributed by atoms with E-state index in [0.717, 1.165) is 10.6 Å². The monoisotopic (exact) mass is 409 g/mol. The third-order valence-corrected chi connectivity index (χ3v) is 8.02. The van der Waals surface area contributed by atoms with Crippen LogP contribution in [-0.2, 0) is 10.0 Å². The topological polar surface area (TPSA) is 54.5 Å². The van der Waals surface area contributed by atoms with Crippen molar-refractivity contribution >= 4 is 39.2 Å². The first-order valence-corrected chi connectivity index (χ1v) is 11.2. The summed E-state index contributed by atoms with van der Waals surface area (Å²) >= 11 is 8.04. The van der Waals surface area contributed by atoms with Gasteiger partial charge in [0.15, 0.2) is 5.78 Å². The molecule has 0 spiro atoms. The van der Waals surface area contributed by atoms with Gasteiger partial charge in [-0.25, -0.2) is 8.42 Å². The lowest BCUT2D eigenvalue weighted by molar-refractivity contribution is 0.101. The molecule has 2 aromatic carbocycles. The number of halogens is 1. The summed E-state index contributed by atoms with van der Waals surface area (Å²) in [5.41, 5.74) is 1.57. The Labute approximate surface area is 163 Å². The summed E-state index contributed by atoms with van der Waals surface area (Å²) in [4.78, 5) is 11.6. The van der Waals surface area contributed by atoms with Crippen LogP contribution in [0.1, 0.15) is 34.5 Å². The fourth-order valence-corrected chi connectivity index (χ4v) is 6.16. The molecule has 26 heavy (non-hydrogen) atoms. The van der Waals surface area contributed by atoms with E-state index in [1.165, 1.54) is 23.4 Å². The molecule has 138 valence electrons. The lowest BCUT2D eigenvalue weighted by atomic mass is 10.1. The molecule has 1 fully saturated rings. The van der Waals surface area contributed by atoms with E-state index in [9.17, 15) is 13.2 Å². The number of nitrogens with zero attached hydrogens (tertiary/aromatic N) is 1. The number of benzene rings is 2. The zero-order valence-corrected chi connectivity index (χ0v) is 16.8. The maximum absolute atomic E-state index is 12.9. The van der Waals surface area contributed by atoms with Crippen LogP contribution < -0.4 is 0 Å². The van der Waals surface area contributed by atoms with E-state index >= 15 is 0 Å². The van der Waals surface area contributed by atoms with Gasteiger partial charge in [0.1, 0.15) is 0 Å². The third-order valence-electron chi connectivity index (χ3n) is 4.45. The maximum Gasteiger partial charge on any atom is 0.243 e. The van der Waals surface area contributed by atoms with Crippen LogP contribution in [0, 0.1) is 0 Å². The first-order valence-electron chi connectivity index (χ1n) is 8.37. The molecular formula is C19H20ClNO3S2. The molecule has 4 nitrogen and oxygen atoms in total. The Balaban J connectivity index is 1.77. The summed E-state index contributed by atoms with van der Waals surface area (Å²) < 4.78 is 27.4. The first-order chi connectivity index (χ1) is 12.4. The lowest BCUT2D eigenvalue weighted by Gasteiger charge is -2.20. The largest absolute Gasteiger partial charge is 0.295 e. The summed E-state index contributed by atoms with van der Waals surface area (Å²) in [7, 11) is -3.57. The summed E-state index contributed by atoms with van der Waals surface area (Å²) in [6.07, 6.45) is 0.707. The van der Waals surface area contributed by atoms with Crippen molar-refractivity contribution in [3.63, 3.8) is 0 Å². The van der Waals surface area contributed by atoms with E-state index in [4.69, 9.17) is 11.6 Å². The van der Waals surface area contributed by atoms with Gasteiger partial charge in [-0.05, 0) is 37.1 Å². The van der Waals surface area contributed by atoms with E-state index in [1.807, 2.05) is 24.3 Å². The molecule has 1 aliphatic heterocycles. The summed E-state index contributed by atoms with van der Waals surface area (Å²) in [5, 5.41) is 0.908. The minimum atomic E-state index is -3.57. The quantitative estimate of drug-likeness (QED) is 0.702. The molecule has 1 aliphatic rings. The molecule has 1 atom stereocenters. The molecule has 1 unspecified atom stereocenters. The molecular weight excluding hydrogens is 390 g/mol. The van der Waals surface area contributed by atoms with E-state index in [-0.39, 0.29) is 15.9 Å². The predicted octanol–water partition coefficient (Wildman–Crippen LogP) is 4.41. The van der Waals surface area contributed by atoms with Crippen molar-refractivity contribution in [3.8, 4) is 0 Å². The molecule has 7 heteroatoms. The number of rotatable bonds is 4. The van der Waals surface area contributed by atoms with Gasteiger partial charge in [0, 0.05) is 34.7 Å². The zero-order chi connectivity index (χ0) is 18.7. The van der Waals surface area contributed by atoms with Crippen LogP contribution in [-0.4, -0.2) is 37.3 Å². The summed E-state index contributed by atoms with van der Waals surface area (Å²) in [6.45, 7) is 2.37. The van der Waals surface area contributed by atoms with E-state index < -0.39 is 10.0 Å². The molecule has 0 N–H and O–H groups in total. The average molecular weight is 410 g/mol. The number of hydrogen-bond donors (Lipinski definition) is 0. The average Bonchev–Trinajstić information content (AvgIpc) is 2.89. The van der Waals surface area contributed by atoms with E-state index in [2.05, 4.69) is 0 Å². The van der Waals surface area contributed by atoms with Crippen LogP contribution in [0.2, 0.25) is 5.02 Å². The van der Waals surface area contributed by atoms with Crippen LogP contribution in [0.15, 0.2) is 53.4 Å². The number of sulfonamides is 1. The molecule has 1 saturated heterocycles. The zero-order valence-electron chi connectivity index (χ0n) is 14.4. The molecule has 0 aromatic heterocycles. The molecule has 1 heterocycles. The highest BCUT2D eigenvalue weighted by Crippen LogP contribution is 2.38. The number of thioether (sulfide) groups is 1. The second-order valence-corrected chi connectivity index (χ2v) is 9.81. The van der Waals surface area contributed by atoms with Gasteiger partial charge in [0.25, 0.3) is 0 Å². The Morgan fingerprint density at radius 2 is 1.81 bits per heavy atom. The van der Waals surface area contributed by atoms with Gasteiger partial charge < -0.3 is 0 Å². The summed E-state index contributed by atoms with van der Waals surface area (Å²) in [5.74, 6) is 0.628.